The highest BCUT2D eigenvalue weighted by atomic mass is 19.4. The molecule has 1 aromatic rings. The second-order valence-corrected chi connectivity index (χ2v) is 4.72. The van der Waals surface area contributed by atoms with E-state index in [4.69, 9.17) is 5.11 Å². The van der Waals surface area contributed by atoms with Crippen LogP contribution >= 0.6 is 0 Å². The van der Waals surface area contributed by atoms with E-state index in [-0.39, 0.29) is 30.8 Å². The van der Waals surface area contributed by atoms with Crippen LogP contribution in [-0.2, 0) is 0 Å². The summed E-state index contributed by atoms with van der Waals surface area (Å²) >= 11 is 0. The average Bonchev–Trinajstić information content (AvgIpc) is 2.46. The van der Waals surface area contributed by atoms with Crippen LogP contribution in [0.15, 0.2) is 12.4 Å². The Morgan fingerprint density at radius 2 is 1.86 bits per heavy atom. The van der Waals surface area contributed by atoms with Crippen LogP contribution in [0.4, 0.5) is 13.2 Å². The van der Waals surface area contributed by atoms with E-state index in [1.54, 1.807) is 0 Å². The third-order valence-electron chi connectivity index (χ3n) is 3.26. The SMILES string of the molecule is O=C(O)c1cnc(C(=O)N2CCCC(C(F)(F)F)C2)cn1. The molecule has 9 heteroatoms. The molecule has 1 aromatic heterocycles. The molecule has 1 N–H and O–H groups in total. The van der Waals surface area contributed by atoms with Crippen molar-refractivity contribution in [1.82, 2.24) is 14.9 Å². The molecule has 0 saturated carbocycles. The molecular formula is C12H12F3N3O3. The maximum absolute atomic E-state index is 12.7. The number of halogens is 3. The average molecular weight is 303 g/mol. The molecule has 1 aliphatic heterocycles. The fourth-order valence-corrected chi connectivity index (χ4v) is 2.14. The van der Waals surface area contributed by atoms with Crippen LogP contribution in [0.1, 0.15) is 33.8 Å². The number of carbonyl (C=O) groups is 2. The molecule has 1 amide bonds. The molecule has 6 nitrogen and oxygen atoms in total. The van der Waals surface area contributed by atoms with Crippen LogP contribution in [0.2, 0.25) is 0 Å². The standard InChI is InChI=1S/C12H12F3N3O3/c13-12(14,15)7-2-1-3-18(6-7)10(19)8-4-17-9(5-16-8)11(20)21/h4-5,7H,1-3,6H2,(H,20,21). The molecular weight excluding hydrogens is 291 g/mol. The largest absolute Gasteiger partial charge is 0.476 e. The first-order valence-electron chi connectivity index (χ1n) is 6.20. The summed E-state index contributed by atoms with van der Waals surface area (Å²) < 4.78 is 38.1. The van der Waals surface area contributed by atoms with Gasteiger partial charge in [0, 0.05) is 13.1 Å². The normalized spacial score (nSPS) is 19.4. The number of hydrogen-bond acceptors (Lipinski definition) is 4. The molecule has 1 fully saturated rings. The van der Waals surface area contributed by atoms with Gasteiger partial charge in [-0.15, -0.1) is 0 Å². The lowest BCUT2D eigenvalue weighted by atomic mass is 9.97. The highest BCUT2D eigenvalue weighted by molar-refractivity contribution is 5.92. The van der Waals surface area contributed by atoms with E-state index < -0.39 is 30.5 Å². The first-order valence-corrected chi connectivity index (χ1v) is 6.20. The molecule has 0 aromatic carbocycles. The minimum Gasteiger partial charge on any atom is -0.476 e. The van der Waals surface area contributed by atoms with Gasteiger partial charge in [0.25, 0.3) is 5.91 Å². The van der Waals surface area contributed by atoms with Crippen molar-refractivity contribution in [1.29, 1.82) is 0 Å². The number of likely N-dealkylation sites (tertiary alicyclic amines) is 1. The van der Waals surface area contributed by atoms with Gasteiger partial charge in [0.15, 0.2) is 5.69 Å². The molecule has 0 spiro atoms. The van der Waals surface area contributed by atoms with Crippen molar-refractivity contribution in [2.75, 3.05) is 13.1 Å². The smallest absolute Gasteiger partial charge is 0.393 e. The quantitative estimate of drug-likeness (QED) is 0.897. The van der Waals surface area contributed by atoms with E-state index in [1.807, 2.05) is 0 Å². The zero-order chi connectivity index (χ0) is 15.6. The van der Waals surface area contributed by atoms with Gasteiger partial charge in [-0.25, -0.2) is 14.8 Å². The number of carboxylic acids is 1. The summed E-state index contributed by atoms with van der Waals surface area (Å²) in [5.41, 5.74) is -0.499. The minimum absolute atomic E-state index is 0.00306. The maximum Gasteiger partial charge on any atom is 0.393 e. The van der Waals surface area contributed by atoms with Crippen LogP contribution in [0.25, 0.3) is 0 Å². The molecule has 21 heavy (non-hydrogen) atoms. The number of carbonyl (C=O) groups excluding carboxylic acids is 1. The number of amides is 1. The molecule has 1 saturated heterocycles. The van der Waals surface area contributed by atoms with Crippen molar-refractivity contribution >= 4 is 11.9 Å². The molecule has 0 aliphatic carbocycles. The van der Waals surface area contributed by atoms with Crippen LogP contribution in [0.3, 0.4) is 0 Å². The summed E-state index contributed by atoms with van der Waals surface area (Å²) in [6.07, 6.45) is -2.21. The van der Waals surface area contributed by atoms with Crippen LogP contribution in [0, 0.1) is 5.92 Å². The Bertz CT molecular complexity index is 545. The maximum atomic E-state index is 12.7. The fraction of sp³-hybridized carbons (Fsp3) is 0.500. The summed E-state index contributed by atoms with van der Waals surface area (Å²) in [5.74, 6) is -3.51. The van der Waals surface area contributed by atoms with Gasteiger partial charge >= 0.3 is 12.1 Å². The third kappa shape index (κ3) is 3.47. The fourth-order valence-electron chi connectivity index (χ4n) is 2.14. The van der Waals surface area contributed by atoms with Crippen molar-refractivity contribution in [2.45, 2.75) is 19.0 Å². The number of aromatic nitrogens is 2. The van der Waals surface area contributed by atoms with Gasteiger partial charge in [-0.2, -0.15) is 13.2 Å². The number of alkyl halides is 3. The summed E-state index contributed by atoms with van der Waals surface area (Å²) in [4.78, 5) is 30.9. The van der Waals surface area contributed by atoms with Crippen LogP contribution in [-0.4, -0.2) is 51.1 Å². The monoisotopic (exact) mass is 303 g/mol. The van der Waals surface area contributed by atoms with Crippen molar-refractivity contribution in [2.24, 2.45) is 5.92 Å². The van der Waals surface area contributed by atoms with E-state index in [9.17, 15) is 22.8 Å². The van der Waals surface area contributed by atoms with Gasteiger partial charge in [-0.3, -0.25) is 4.79 Å². The Morgan fingerprint density at radius 3 is 2.38 bits per heavy atom. The van der Waals surface area contributed by atoms with Gasteiger partial charge < -0.3 is 10.0 Å². The lowest BCUT2D eigenvalue weighted by molar-refractivity contribution is -0.184. The number of rotatable bonds is 2. The van der Waals surface area contributed by atoms with E-state index in [0.29, 0.717) is 0 Å². The predicted molar refractivity (Wildman–Crippen MR) is 63.7 cm³/mol. The van der Waals surface area contributed by atoms with E-state index in [2.05, 4.69) is 9.97 Å². The zero-order valence-electron chi connectivity index (χ0n) is 10.8. The third-order valence-corrected chi connectivity index (χ3v) is 3.26. The molecule has 1 atom stereocenters. The highest BCUT2D eigenvalue weighted by Crippen LogP contribution is 2.33. The summed E-state index contributed by atoms with van der Waals surface area (Å²) in [5, 5.41) is 8.66. The summed E-state index contributed by atoms with van der Waals surface area (Å²) in [6.45, 7) is -0.196. The minimum atomic E-state index is -4.34. The van der Waals surface area contributed by atoms with Crippen LogP contribution in [0.5, 0.6) is 0 Å². The Kier molecular flexibility index (Phi) is 4.10. The number of hydrogen-bond donors (Lipinski definition) is 1. The summed E-state index contributed by atoms with van der Waals surface area (Å²) in [6, 6.07) is 0. The van der Waals surface area contributed by atoms with Gasteiger partial charge in [0.2, 0.25) is 0 Å². The van der Waals surface area contributed by atoms with Gasteiger partial charge in [-0.05, 0) is 12.8 Å². The molecule has 2 heterocycles. The van der Waals surface area contributed by atoms with E-state index >= 15 is 0 Å². The molecule has 1 unspecified atom stereocenters. The number of carboxylic acid groups (broad SMARTS) is 1. The first kappa shape index (κ1) is 15.2. The van der Waals surface area contributed by atoms with E-state index in [1.165, 1.54) is 0 Å². The summed E-state index contributed by atoms with van der Waals surface area (Å²) in [7, 11) is 0. The first-order chi connectivity index (χ1) is 9.79. The van der Waals surface area contributed by atoms with Gasteiger partial charge in [-0.1, -0.05) is 0 Å². The van der Waals surface area contributed by atoms with Gasteiger partial charge in [0.05, 0.1) is 18.3 Å². The Hall–Kier alpha value is -2.19. The molecule has 1 aliphatic rings. The lowest BCUT2D eigenvalue weighted by Crippen LogP contribution is -2.44. The number of piperidine rings is 1. The highest BCUT2D eigenvalue weighted by Gasteiger charge is 2.42. The van der Waals surface area contributed by atoms with Crippen molar-refractivity contribution < 1.29 is 27.9 Å². The zero-order valence-corrected chi connectivity index (χ0v) is 10.8. The van der Waals surface area contributed by atoms with Gasteiger partial charge in [0.1, 0.15) is 5.69 Å². The molecule has 2 rings (SSSR count). The number of aromatic carboxylic acids is 1. The topological polar surface area (TPSA) is 83.4 Å². The molecule has 114 valence electrons. The van der Waals surface area contributed by atoms with Crippen molar-refractivity contribution in [3.8, 4) is 0 Å². The van der Waals surface area contributed by atoms with Crippen molar-refractivity contribution in [3.05, 3.63) is 23.8 Å². The number of nitrogens with zero attached hydrogens (tertiary/aromatic N) is 3. The second-order valence-electron chi connectivity index (χ2n) is 4.72. The molecule has 0 radical (unpaired) electrons. The predicted octanol–water partition coefficient (Wildman–Crippen LogP) is 1.59. The van der Waals surface area contributed by atoms with E-state index in [0.717, 1.165) is 17.3 Å². The Balaban J connectivity index is 2.10. The Labute approximate surface area is 117 Å². The lowest BCUT2D eigenvalue weighted by Gasteiger charge is -2.33. The van der Waals surface area contributed by atoms with Crippen molar-refractivity contribution in [3.63, 3.8) is 0 Å². The molecule has 0 bridgehead atoms. The second kappa shape index (κ2) is 5.66. The van der Waals surface area contributed by atoms with Crippen LogP contribution < -0.4 is 0 Å². The Morgan fingerprint density at radius 1 is 1.24 bits per heavy atom.